The molecular weight excluding hydrogens is 334 g/mol. The minimum absolute atomic E-state index is 0.00433. The van der Waals surface area contributed by atoms with Crippen LogP contribution < -0.4 is 5.32 Å². The number of hydrogen-bond acceptors (Lipinski definition) is 2. The lowest BCUT2D eigenvalue weighted by atomic mass is 9.74. The Morgan fingerprint density at radius 1 is 1.28 bits per heavy atom. The number of carbonyl (C=O) groups excluding carboxylic acids is 1. The number of halogens is 1. The Kier molecular flexibility index (Phi) is 4.37. The van der Waals surface area contributed by atoms with Crippen LogP contribution in [0.4, 0.5) is 10.5 Å². The van der Waals surface area contributed by atoms with Crippen molar-refractivity contribution in [2.24, 2.45) is 11.8 Å². The summed E-state index contributed by atoms with van der Waals surface area (Å²) >= 11 is 6.40. The molecule has 1 N–H and O–H groups in total. The third kappa shape index (κ3) is 3.00. The molecule has 2 saturated heterocycles. The molecule has 2 amide bonds. The molecule has 0 spiro atoms. The number of nitrogens with one attached hydrogen (secondary N) is 1. The van der Waals surface area contributed by atoms with Gasteiger partial charge in [-0.3, -0.25) is 0 Å². The summed E-state index contributed by atoms with van der Waals surface area (Å²) in [6, 6.07) is 8.90. The van der Waals surface area contributed by atoms with Crippen LogP contribution in [0.1, 0.15) is 56.9 Å². The molecule has 2 heterocycles. The first-order valence-corrected chi connectivity index (χ1v) is 9.73. The number of rotatable bonds is 2. The number of nitriles is 1. The van der Waals surface area contributed by atoms with Gasteiger partial charge in [0.25, 0.3) is 0 Å². The molecule has 4 atom stereocenters. The van der Waals surface area contributed by atoms with E-state index in [0.717, 1.165) is 55.7 Å². The largest absolute Gasteiger partial charge is 0.322 e. The van der Waals surface area contributed by atoms with Gasteiger partial charge in [-0.25, -0.2) is 4.79 Å². The number of fused-ring (bicyclic) bond motifs is 2. The summed E-state index contributed by atoms with van der Waals surface area (Å²) in [6.45, 7) is 2.27. The van der Waals surface area contributed by atoms with Crippen LogP contribution in [0.3, 0.4) is 0 Å². The molecular formula is C20H24ClN3O. The molecule has 2 bridgehead atoms. The molecule has 132 valence electrons. The summed E-state index contributed by atoms with van der Waals surface area (Å²) in [5.74, 6) is 0.929. The van der Waals surface area contributed by atoms with Crippen molar-refractivity contribution in [3.05, 3.63) is 28.8 Å². The summed E-state index contributed by atoms with van der Waals surface area (Å²) in [4.78, 5) is 14.7. The van der Waals surface area contributed by atoms with Crippen LogP contribution >= 0.6 is 11.6 Å². The standard InChI is InChI=1S/C20H24ClN3O/c1-12-7-15-10-16(8-12)24(15)20(25)23-14-5-6-19(21)18(9-14)17-4-2-3-13(17)11-22/h5-6,9,12-13,15-17H,2-4,7-8,10H2,1H3,(H,23,25)/t12?,13-,15?,16?,17+/m1/s1. The Hall–Kier alpha value is -1.73. The second-order valence-corrected chi connectivity index (χ2v) is 8.37. The molecule has 2 aliphatic heterocycles. The van der Waals surface area contributed by atoms with Crippen LogP contribution in [0, 0.1) is 23.2 Å². The number of anilines is 1. The average Bonchev–Trinajstić information content (AvgIpc) is 3.04. The zero-order chi connectivity index (χ0) is 17.6. The van der Waals surface area contributed by atoms with Gasteiger partial charge < -0.3 is 10.2 Å². The van der Waals surface area contributed by atoms with Crippen LogP contribution in [0.5, 0.6) is 0 Å². The molecule has 4 fully saturated rings. The van der Waals surface area contributed by atoms with E-state index in [1.807, 2.05) is 23.1 Å². The number of hydrogen-bond donors (Lipinski definition) is 1. The van der Waals surface area contributed by atoms with Gasteiger partial charge in [-0.15, -0.1) is 0 Å². The fraction of sp³-hybridized carbons (Fsp3) is 0.600. The Balaban J connectivity index is 1.49. The first kappa shape index (κ1) is 16.7. The molecule has 5 heteroatoms. The third-order valence-corrected chi connectivity index (χ3v) is 6.59. The molecule has 5 rings (SSSR count). The predicted molar refractivity (Wildman–Crippen MR) is 98.6 cm³/mol. The number of amides is 2. The van der Waals surface area contributed by atoms with E-state index in [9.17, 15) is 10.1 Å². The molecule has 25 heavy (non-hydrogen) atoms. The summed E-state index contributed by atoms with van der Waals surface area (Å²) in [5.41, 5.74) is 1.78. The minimum atomic E-state index is 0.00433. The maximum Gasteiger partial charge on any atom is 0.322 e. The monoisotopic (exact) mass is 357 g/mol. The van der Waals surface area contributed by atoms with E-state index in [4.69, 9.17) is 11.6 Å². The Bertz CT molecular complexity index is 716. The second-order valence-electron chi connectivity index (χ2n) is 7.97. The summed E-state index contributed by atoms with van der Waals surface area (Å²) in [5, 5.41) is 13.1. The van der Waals surface area contributed by atoms with E-state index in [1.54, 1.807) is 0 Å². The zero-order valence-electron chi connectivity index (χ0n) is 14.5. The zero-order valence-corrected chi connectivity index (χ0v) is 15.3. The summed E-state index contributed by atoms with van der Waals surface area (Å²) in [6.07, 6.45) is 6.36. The van der Waals surface area contributed by atoms with E-state index < -0.39 is 0 Å². The van der Waals surface area contributed by atoms with Crippen molar-refractivity contribution in [3.8, 4) is 6.07 Å². The number of carbonyl (C=O) groups is 1. The van der Waals surface area contributed by atoms with Gasteiger partial charge in [0.05, 0.1) is 12.0 Å². The highest BCUT2D eigenvalue weighted by Crippen LogP contribution is 2.43. The average molecular weight is 358 g/mol. The SMILES string of the molecule is CC1CC2CC(C1)N2C(=O)Nc1ccc(Cl)c([C@H]2CCC[C@@H]2C#N)c1. The van der Waals surface area contributed by atoms with Crippen LogP contribution in [-0.2, 0) is 0 Å². The molecule has 4 nitrogen and oxygen atoms in total. The minimum Gasteiger partial charge on any atom is -0.318 e. The van der Waals surface area contributed by atoms with E-state index in [1.165, 1.54) is 0 Å². The lowest BCUT2D eigenvalue weighted by Gasteiger charge is -2.54. The maximum absolute atomic E-state index is 12.7. The van der Waals surface area contributed by atoms with Gasteiger partial charge in [-0.2, -0.15) is 5.26 Å². The van der Waals surface area contributed by atoms with Crippen molar-refractivity contribution >= 4 is 23.3 Å². The van der Waals surface area contributed by atoms with Crippen LogP contribution in [0.25, 0.3) is 0 Å². The Morgan fingerprint density at radius 2 is 2.04 bits per heavy atom. The lowest BCUT2D eigenvalue weighted by Crippen LogP contribution is -2.63. The van der Waals surface area contributed by atoms with E-state index in [-0.39, 0.29) is 17.9 Å². The Morgan fingerprint density at radius 3 is 2.76 bits per heavy atom. The maximum atomic E-state index is 12.7. The fourth-order valence-electron chi connectivity index (χ4n) is 5.06. The highest BCUT2D eigenvalue weighted by Gasteiger charge is 2.46. The van der Waals surface area contributed by atoms with Crippen molar-refractivity contribution in [2.75, 3.05) is 5.32 Å². The summed E-state index contributed by atoms with van der Waals surface area (Å²) < 4.78 is 0. The van der Waals surface area contributed by atoms with E-state index >= 15 is 0 Å². The molecule has 4 aliphatic rings. The number of nitrogens with zero attached hydrogens (tertiary/aromatic N) is 2. The van der Waals surface area contributed by atoms with Gasteiger partial charge >= 0.3 is 6.03 Å². The van der Waals surface area contributed by atoms with Gasteiger partial charge in [0.2, 0.25) is 0 Å². The number of piperidine rings is 1. The topological polar surface area (TPSA) is 56.1 Å². The molecule has 2 saturated carbocycles. The quantitative estimate of drug-likeness (QED) is 0.795. The van der Waals surface area contributed by atoms with Crippen LogP contribution in [-0.4, -0.2) is 23.0 Å². The smallest absolute Gasteiger partial charge is 0.318 e. The van der Waals surface area contributed by atoms with E-state index in [2.05, 4.69) is 18.3 Å². The van der Waals surface area contributed by atoms with Gasteiger partial charge in [-0.05, 0) is 61.8 Å². The predicted octanol–water partition coefficient (Wildman–Crippen LogP) is 5.15. The van der Waals surface area contributed by atoms with Gasteiger partial charge in [0.1, 0.15) is 0 Å². The molecule has 0 aromatic heterocycles. The van der Waals surface area contributed by atoms with Crippen molar-refractivity contribution in [1.82, 2.24) is 4.90 Å². The molecule has 1 aromatic carbocycles. The Labute approximate surface area is 154 Å². The molecule has 2 aliphatic carbocycles. The van der Waals surface area contributed by atoms with Crippen LogP contribution in [0.2, 0.25) is 5.02 Å². The molecule has 2 unspecified atom stereocenters. The molecule has 0 radical (unpaired) electrons. The summed E-state index contributed by atoms with van der Waals surface area (Å²) in [7, 11) is 0. The first-order valence-electron chi connectivity index (χ1n) is 9.35. The first-order chi connectivity index (χ1) is 12.1. The number of urea groups is 1. The highest BCUT2D eigenvalue weighted by molar-refractivity contribution is 6.31. The van der Waals surface area contributed by atoms with Gasteiger partial charge in [-0.1, -0.05) is 24.9 Å². The van der Waals surface area contributed by atoms with Crippen LogP contribution in [0.15, 0.2) is 18.2 Å². The van der Waals surface area contributed by atoms with Crippen molar-refractivity contribution in [1.29, 1.82) is 5.26 Å². The normalized spacial score (nSPS) is 33.5. The molecule has 1 aromatic rings. The lowest BCUT2D eigenvalue weighted by molar-refractivity contribution is -0.00601. The van der Waals surface area contributed by atoms with Crippen molar-refractivity contribution in [2.45, 2.75) is 63.5 Å². The van der Waals surface area contributed by atoms with Crippen molar-refractivity contribution < 1.29 is 4.79 Å². The van der Waals surface area contributed by atoms with Gasteiger partial charge in [0, 0.05) is 28.7 Å². The number of benzene rings is 1. The van der Waals surface area contributed by atoms with E-state index in [0.29, 0.717) is 17.1 Å². The third-order valence-electron chi connectivity index (χ3n) is 6.24. The second kappa shape index (κ2) is 6.53. The van der Waals surface area contributed by atoms with Crippen molar-refractivity contribution in [3.63, 3.8) is 0 Å². The van der Waals surface area contributed by atoms with Gasteiger partial charge in [0.15, 0.2) is 0 Å². The fourth-order valence-corrected chi connectivity index (χ4v) is 5.32. The highest BCUT2D eigenvalue weighted by atomic mass is 35.5.